The third-order valence-corrected chi connectivity index (χ3v) is 7.07. The van der Waals surface area contributed by atoms with E-state index in [-0.39, 0.29) is 0 Å². The highest BCUT2D eigenvalue weighted by Crippen LogP contribution is 2.16. The van der Waals surface area contributed by atoms with Crippen molar-refractivity contribution in [1.82, 2.24) is 10.2 Å². The third kappa shape index (κ3) is 16.6. The molecule has 1 aliphatic heterocycles. The molecule has 2 heteroatoms. The first-order valence-corrected chi connectivity index (χ1v) is 14.4. The molecule has 0 spiro atoms. The molecule has 1 heterocycles. The Balaban J connectivity index is 1.94. The minimum atomic E-state index is 0.673. The minimum Gasteiger partial charge on any atom is -0.302 e. The fourth-order valence-electron chi connectivity index (χ4n) is 5.02. The number of unbranched alkanes of at least 4 members (excludes halogenated alkanes) is 18. The van der Waals surface area contributed by atoms with Crippen LogP contribution >= 0.6 is 0 Å². The van der Waals surface area contributed by atoms with Crippen molar-refractivity contribution in [1.29, 1.82) is 0 Å². The SMILES string of the molecule is CCCCCCCCCCCCC1NCCCN1CCCCCCCCCCCC. The molecule has 30 heavy (non-hydrogen) atoms. The van der Waals surface area contributed by atoms with Crippen LogP contribution in [0.4, 0.5) is 0 Å². The summed E-state index contributed by atoms with van der Waals surface area (Å²) in [5.41, 5.74) is 0. The van der Waals surface area contributed by atoms with Gasteiger partial charge in [0.15, 0.2) is 0 Å². The Kier molecular flexibility index (Phi) is 20.6. The van der Waals surface area contributed by atoms with Crippen LogP contribution in [0.2, 0.25) is 0 Å². The van der Waals surface area contributed by atoms with Gasteiger partial charge in [-0.1, -0.05) is 136 Å². The smallest absolute Gasteiger partial charge is 0.0597 e. The average Bonchev–Trinajstić information content (AvgIpc) is 2.77. The molecule has 2 nitrogen and oxygen atoms in total. The van der Waals surface area contributed by atoms with Gasteiger partial charge < -0.3 is 5.32 Å². The highest BCUT2D eigenvalue weighted by molar-refractivity contribution is 4.75. The van der Waals surface area contributed by atoms with E-state index in [1.54, 1.807) is 0 Å². The van der Waals surface area contributed by atoms with Crippen molar-refractivity contribution in [2.45, 2.75) is 161 Å². The third-order valence-electron chi connectivity index (χ3n) is 7.07. The molecule has 0 saturated carbocycles. The van der Waals surface area contributed by atoms with Gasteiger partial charge in [-0.3, -0.25) is 4.90 Å². The van der Waals surface area contributed by atoms with Gasteiger partial charge in [-0.25, -0.2) is 0 Å². The molecule has 0 aromatic rings. The van der Waals surface area contributed by atoms with E-state index in [0.717, 1.165) is 0 Å². The lowest BCUT2D eigenvalue weighted by Crippen LogP contribution is -2.51. The normalized spacial score (nSPS) is 17.6. The zero-order valence-electron chi connectivity index (χ0n) is 21.2. The fraction of sp³-hybridized carbons (Fsp3) is 1.00. The second-order valence-corrected chi connectivity index (χ2v) is 10.0. The van der Waals surface area contributed by atoms with Crippen LogP contribution in [0.1, 0.15) is 155 Å². The Morgan fingerprint density at radius 3 is 1.50 bits per heavy atom. The molecule has 1 unspecified atom stereocenters. The molecule has 0 aromatic carbocycles. The maximum absolute atomic E-state index is 3.81. The molecule has 1 aliphatic rings. The van der Waals surface area contributed by atoms with Crippen molar-refractivity contribution in [3.8, 4) is 0 Å². The van der Waals surface area contributed by atoms with Crippen molar-refractivity contribution in [3.63, 3.8) is 0 Å². The van der Waals surface area contributed by atoms with Crippen LogP contribution < -0.4 is 5.32 Å². The zero-order chi connectivity index (χ0) is 21.5. The predicted octanol–water partition coefficient (Wildman–Crippen LogP) is 8.84. The maximum atomic E-state index is 3.81. The molecule has 1 rings (SSSR count). The predicted molar refractivity (Wildman–Crippen MR) is 136 cm³/mol. The van der Waals surface area contributed by atoms with Crippen LogP contribution in [0.3, 0.4) is 0 Å². The van der Waals surface area contributed by atoms with Gasteiger partial charge >= 0.3 is 0 Å². The molecule has 180 valence electrons. The lowest BCUT2D eigenvalue weighted by Gasteiger charge is -2.36. The number of hydrogen-bond acceptors (Lipinski definition) is 2. The summed E-state index contributed by atoms with van der Waals surface area (Å²) in [4.78, 5) is 2.77. The Labute approximate surface area is 191 Å². The largest absolute Gasteiger partial charge is 0.302 e. The van der Waals surface area contributed by atoms with Crippen molar-refractivity contribution < 1.29 is 0 Å². The van der Waals surface area contributed by atoms with Crippen molar-refractivity contribution >= 4 is 0 Å². The monoisotopic (exact) mass is 422 g/mol. The number of hydrogen-bond donors (Lipinski definition) is 1. The molecule has 1 saturated heterocycles. The van der Waals surface area contributed by atoms with Gasteiger partial charge in [0.25, 0.3) is 0 Å². The first-order chi connectivity index (χ1) is 14.9. The van der Waals surface area contributed by atoms with Crippen LogP contribution in [-0.4, -0.2) is 30.7 Å². The Hall–Kier alpha value is -0.0800. The molecule has 0 aromatic heterocycles. The molecular weight excluding hydrogens is 364 g/mol. The van der Waals surface area contributed by atoms with Gasteiger partial charge in [-0.15, -0.1) is 0 Å². The van der Waals surface area contributed by atoms with E-state index in [4.69, 9.17) is 0 Å². The van der Waals surface area contributed by atoms with Crippen LogP contribution in [-0.2, 0) is 0 Å². The summed E-state index contributed by atoms with van der Waals surface area (Å²) in [5, 5.41) is 3.81. The number of rotatable bonds is 22. The van der Waals surface area contributed by atoms with Gasteiger partial charge in [-0.05, 0) is 32.4 Å². The topological polar surface area (TPSA) is 15.3 Å². The first kappa shape index (κ1) is 28.0. The van der Waals surface area contributed by atoms with E-state index < -0.39 is 0 Å². The quantitative estimate of drug-likeness (QED) is 0.175. The molecule has 0 amide bonds. The Bertz CT molecular complexity index is 299. The van der Waals surface area contributed by atoms with E-state index in [1.807, 2.05) is 0 Å². The Morgan fingerprint density at radius 1 is 0.567 bits per heavy atom. The summed E-state index contributed by atoms with van der Waals surface area (Å²) in [6.07, 6.45) is 32.3. The van der Waals surface area contributed by atoms with Gasteiger partial charge in [0.2, 0.25) is 0 Å². The summed E-state index contributed by atoms with van der Waals surface area (Å²) in [5.74, 6) is 0. The van der Waals surface area contributed by atoms with Crippen molar-refractivity contribution in [3.05, 3.63) is 0 Å². The fourth-order valence-corrected chi connectivity index (χ4v) is 5.02. The van der Waals surface area contributed by atoms with Crippen LogP contribution in [0.25, 0.3) is 0 Å². The van der Waals surface area contributed by atoms with E-state index >= 15 is 0 Å². The summed E-state index contributed by atoms with van der Waals surface area (Å²) >= 11 is 0. The molecule has 1 N–H and O–H groups in total. The van der Waals surface area contributed by atoms with Crippen molar-refractivity contribution in [2.75, 3.05) is 19.6 Å². The lowest BCUT2D eigenvalue weighted by atomic mass is 10.0. The van der Waals surface area contributed by atoms with Gasteiger partial charge in [-0.2, -0.15) is 0 Å². The summed E-state index contributed by atoms with van der Waals surface area (Å²) in [6, 6.07) is 0. The second-order valence-electron chi connectivity index (χ2n) is 10.0. The van der Waals surface area contributed by atoms with Crippen LogP contribution in [0.15, 0.2) is 0 Å². The van der Waals surface area contributed by atoms with Gasteiger partial charge in [0.05, 0.1) is 6.17 Å². The highest BCUT2D eigenvalue weighted by atomic mass is 15.3. The molecule has 0 bridgehead atoms. The van der Waals surface area contributed by atoms with Crippen LogP contribution in [0.5, 0.6) is 0 Å². The highest BCUT2D eigenvalue weighted by Gasteiger charge is 2.20. The molecule has 0 radical (unpaired) electrons. The molecule has 1 atom stereocenters. The minimum absolute atomic E-state index is 0.673. The number of nitrogens with zero attached hydrogens (tertiary/aromatic N) is 1. The van der Waals surface area contributed by atoms with E-state index in [2.05, 4.69) is 24.1 Å². The van der Waals surface area contributed by atoms with Gasteiger partial charge in [0, 0.05) is 6.54 Å². The van der Waals surface area contributed by atoms with Crippen LogP contribution in [0, 0.1) is 0 Å². The summed E-state index contributed by atoms with van der Waals surface area (Å²) in [7, 11) is 0. The van der Waals surface area contributed by atoms with Crippen molar-refractivity contribution in [2.24, 2.45) is 0 Å². The lowest BCUT2D eigenvalue weighted by molar-refractivity contribution is 0.118. The van der Waals surface area contributed by atoms with E-state index in [0.29, 0.717) is 6.17 Å². The summed E-state index contributed by atoms with van der Waals surface area (Å²) < 4.78 is 0. The molecule has 1 fully saturated rings. The molecule has 0 aliphatic carbocycles. The number of nitrogens with one attached hydrogen (secondary N) is 1. The standard InChI is InChI=1S/C28H58N2/c1-3-5-7-9-11-13-15-17-19-21-24-28-29-25-23-27-30(28)26-22-20-18-16-14-12-10-8-6-4-2/h28-29H,3-27H2,1-2H3. The Morgan fingerprint density at radius 2 is 1.00 bits per heavy atom. The molecular formula is C28H58N2. The van der Waals surface area contributed by atoms with E-state index in [1.165, 1.54) is 161 Å². The first-order valence-electron chi connectivity index (χ1n) is 14.4. The van der Waals surface area contributed by atoms with Gasteiger partial charge in [0.1, 0.15) is 0 Å². The second kappa shape index (κ2) is 22.1. The summed E-state index contributed by atoms with van der Waals surface area (Å²) in [6.45, 7) is 8.50. The van der Waals surface area contributed by atoms with E-state index in [9.17, 15) is 0 Å². The maximum Gasteiger partial charge on any atom is 0.0597 e. The zero-order valence-corrected chi connectivity index (χ0v) is 21.2. The average molecular weight is 423 g/mol.